The van der Waals surface area contributed by atoms with Crippen LogP contribution in [0.4, 0.5) is 0 Å². The standard InChI is InChI=1S/C7H7N3/c8-4-7(9)6-2-1-3-10-5-6/h1-5,8-9H. The van der Waals surface area contributed by atoms with E-state index in [-0.39, 0.29) is 5.71 Å². The van der Waals surface area contributed by atoms with Gasteiger partial charge < -0.3 is 5.41 Å². The summed E-state index contributed by atoms with van der Waals surface area (Å²) >= 11 is 0. The second-order valence-corrected chi connectivity index (χ2v) is 1.80. The molecule has 1 aromatic rings. The third-order valence-corrected chi connectivity index (χ3v) is 1.12. The summed E-state index contributed by atoms with van der Waals surface area (Å²) in [6.45, 7) is 0. The van der Waals surface area contributed by atoms with Gasteiger partial charge in [-0.2, -0.15) is 0 Å². The summed E-state index contributed by atoms with van der Waals surface area (Å²) in [4.78, 5) is 3.81. The Balaban J connectivity index is 2.95. The van der Waals surface area contributed by atoms with Gasteiger partial charge >= 0.3 is 0 Å². The van der Waals surface area contributed by atoms with Crippen LogP contribution in [0.3, 0.4) is 0 Å². The fourth-order valence-electron chi connectivity index (χ4n) is 0.605. The average Bonchev–Trinajstić information content (AvgIpc) is 2.05. The maximum absolute atomic E-state index is 7.20. The Morgan fingerprint density at radius 1 is 1.60 bits per heavy atom. The van der Waals surface area contributed by atoms with Gasteiger partial charge in [-0.15, -0.1) is 0 Å². The summed E-state index contributed by atoms with van der Waals surface area (Å²) < 4.78 is 0. The Morgan fingerprint density at radius 3 is 2.90 bits per heavy atom. The van der Waals surface area contributed by atoms with E-state index in [4.69, 9.17) is 10.8 Å². The molecule has 0 radical (unpaired) electrons. The molecule has 1 rings (SSSR count). The van der Waals surface area contributed by atoms with Crippen molar-refractivity contribution in [2.75, 3.05) is 0 Å². The van der Waals surface area contributed by atoms with Crippen molar-refractivity contribution < 1.29 is 0 Å². The van der Waals surface area contributed by atoms with E-state index in [1.165, 1.54) is 0 Å². The molecular weight excluding hydrogens is 126 g/mol. The van der Waals surface area contributed by atoms with Crippen molar-refractivity contribution in [3.05, 3.63) is 30.1 Å². The minimum absolute atomic E-state index is 0.188. The van der Waals surface area contributed by atoms with Crippen LogP contribution in [-0.4, -0.2) is 16.9 Å². The van der Waals surface area contributed by atoms with Crippen molar-refractivity contribution in [1.29, 1.82) is 10.8 Å². The molecule has 0 aliphatic rings. The molecular formula is C7H7N3. The molecule has 0 saturated carbocycles. The molecule has 0 aromatic carbocycles. The van der Waals surface area contributed by atoms with Crippen LogP contribution in [0, 0.1) is 10.8 Å². The van der Waals surface area contributed by atoms with Crippen LogP contribution in [0.1, 0.15) is 5.56 Å². The second kappa shape index (κ2) is 2.87. The SMILES string of the molecule is N=CC(=N)c1cccnc1. The van der Waals surface area contributed by atoms with Crippen LogP contribution < -0.4 is 0 Å². The molecule has 2 N–H and O–H groups in total. The van der Waals surface area contributed by atoms with Crippen LogP contribution in [-0.2, 0) is 0 Å². The molecule has 3 nitrogen and oxygen atoms in total. The summed E-state index contributed by atoms with van der Waals surface area (Å²) in [5.74, 6) is 0. The first-order valence-electron chi connectivity index (χ1n) is 2.84. The Kier molecular flexibility index (Phi) is 1.89. The highest BCUT2D eigenvalue weighted by Gasteiger charge is 1.93. The van der Waals surface area contributed by atoms with Gasteiger partial charge in [-0.3, -0.25) is 10.4 Å². The van der Waals surface area contributed by atoms with E-state index >= 15 is 0 Å². The molecule has 0 aliphatic heterocycles. The van der Waals surface area contributed by atoms with Crippen molar-refractivity contribution in [3.8, 4) is 0 Å². The summed E-state index contributed by atoms with van der Waals surface area (Å²) in [7, 11) is 0. The monoisotopic (exact) mass is 133 g/mol. The number of rotatable bonds is 2. The van der Waals surface area contributed by atoms with Gasteiger partial charge in [-0.1, -0.05) is 0 Å². The number of nitrogens with one attached hydrogen (secondary N) is 2. The lowest BCUT2D eigenvalue weighted by Gasteiger charge is -1.92. The zero-order valence-electron chi connectivity index (χ0n) is 5.33. The third-order valence-electron chi connectivity index (χ3n) is 1.12. The summed E-state index contributed by atoms with van der Waals surface area (Å²) in [6, 6.07) is 3.49. The van der Waals surface area contributed by atoms with Gasteiger partial charge in [-0.05, 0) is 12.1 Å². The molecule has 0 fully saturated rings. The number of nitrogens with zero attached hydrogens (tertiary/aromatic N) is 1. The molecule has 0 saturated heterocycles. The Morgan fingerprint density at radius 2 is 2.40 bits per heavy atom. The summed E-state index contributed by atoms with van der Waals surface area (Å²) in [6.07, 6.45) is 4.20. The third kappa shape index (κ3) is 1.25. The molecule has 0 aliphatic carbocycles. The van der Waals surface area contributed by atoms with Gasteiger partial charge in [0.2, 0.25) is 0 Å². The Bertz CT molecular complexity index is 240. The van der Waals surface area contributed by atoms with Crippen LogP contribution in [0.25, 0.3) is 0 Å². The number of pyridine rings is 1. The lowest BCUT2D eigenvalue weighted by Crippen LogP contribution is -1.98. The second-order valence-electron chi connectivity index (χ2n) is 1.80. The van der Waals surface area contributed by atoms with Crippen molar-refractivity contribution in [3.63, 3.8) is 0 Å². The van der Waals surface area contributed by atoms with Crippen molar-refractivity contribution in [1.82, 2.24) is 4.98 Å². The molecule has 0 amide bonds. The lowest BCUT2D eigenvalue weighted by atomic mass is 10.2. The van der Waals surface area contributed by atoms with Crippen molar-refractivity contribution >= 4 is 11.9 Å². The average molecular weight is 133 g/mol. The van der Waals surface area contributed by atoms with E-state index in [0.29, 0.717) is 5.56 Å². The van der Waals surface area contributed by atoms with E-state index < -0.39 is 0 Å². The topological polar surface area (TPSA) is 60.6 Å². The molecule has 1 heterocycles. The number of hydrogen-bond donors (Lipinski definition) is 2. The molecule has 1 aromatic heterocycles. The first-order chi connectivity index (χ1) is 4.84. The molecule has 10 heavy (non-hydrogen) atoms. The lowest BCUT2D eigenvalue weighted by molar-refractivity contribution is 1.31. The van der Waals surface area contributed by atoms with Crippen molar-refractivity contribution in [2.45, 2.75) is 0 Å². The van der Waals surface area contributed by atoms with E-state index in [0.717, 1.165) is 6.21 Å². The predicted octanol–water partition coefficient (Wildman–Crippen LogP) is 1.10. The largest absolute Gasteiger partial charge is 0.307 e. The van der Waals surface area contributed by atoms with Crippen LogP contribution in [0.15, 0.2) is 24.5 Å². The van der Waals surface area contributed by atoms with Crippen LogP contribution >= 0.6 is 0 Å². The maximum atomic E-state index is 7.20. The number of hydrogen-bond acceptors (Lipinski definition) is 3. The Labute approximate surface area is 58.8 Å². The maximum Gasteiger partial charge on any atom is 0.0803 e. The van der Waals surface area contributed by atoms with Gasteiger partial charge in [0.05, 0.1) is 5.71 Å². The fourth-order valence-corrected chi connectivity index (χ4v) is 0.605. The zero-order chi connectivity index (χ0) is 7.40. The number of aromatic nitrogens is 1. The molecule has 3 heteroatoms. The molecule has 0 atom stereocenters. The van der Waals surface area contributed by atoms with E-state index in [1.807, 2.05) is 0 Å². The fraction of sp³-hybridized carbons (Fsp3) is 0. The quantitative estimate of drug-likeness (QED) is 0.583. The summed E-state index contributed by atoms with van der Waals surface area (Å²) in [5.41, 5.74) is 0.866. The van der Waals surface area contributed by atoms with Gasteiger partial charge in [0, 0.05) is 24.2 Å². The molecule has 50 valence electrons. The van der Waals surface area contributed by atoms with Crippen molar-refractivity contribution in [2.24, 2.45) is 0 Å². The highest BCUT2D eigenvalue weighted by molar-refractivity contribution is 6.35. The van der Waals surface area contributed by atoms with Gasteiger partial charge in [-0.25, -0.2) is 0 Å². The first-order valence-corrected chi connectivity index (χ1v) is 2.84. The molecule has 0 bridgehead atoms. The highest BCUT2D eigenvalue weighted by Crippen LogP contribution is 1.93. The minimum Gasteiger partial charge on any atom is -0.307 e. The highest BCUT2D eigenvalue weighted by atomic mass is 14.6. The normalized spacial score (nSPS) is 8.80. The van der Waals surface area contributed by atoms with Gasteiger partial charge in [0.25, 0.3) is 0 Å². The molecule has 0 spiro atoms. The zero-order valence-corrected chi connectivity index (χ0v) is 5.33. The van der Waals surface area contributed by atoms with Gasteiger partial charge in [0.15, 0.2) is 0 Å². The van der Waals surface area contributed by atoms with Gasteiger partial charge in [0.1, 0.15) is 0 Å². The predicted molar refractivity (Wildman–Crippen MR) is 39.8 cm³/mol. The summed E-state index contributed by atoms with van der Waals surface area (Å²) in [5, 5.41) is 14.0. The van der Waals surface area contributed by atoms with E-state index in [2.05, 4.69) is 4.98 Å². The smallest absolute Gasteiger partial charge is 0.0803 e. The first kappa shape index (κ1) is 6.61. The molecule has 0 unspecified atom stereocenters. The van der Waals surface area contributed by atoms with Crippen LogP contribution in [0.2, 0.25) is 0 Å². The Hall–Kier alpha value is -1.51. The van der Waals surface area contributed by atoms with E-state index in [1.54, 1.807) is 24.5 Å². The van der Waals surface area contributed by atoms with E-state index in [9.17, 15) is 0 Å². The van der Waals surface area contributed by atoms with Crippen LogP contribution in [0.5, 0.6) is 0 Å². The minimum atomic E-state index is 0.188.